The number of methoxy groups -OCH3 is 1. The molecule has 19 heavy (non-hydrogen) atoms. The van der Waals surface area contributed by atoms with Crippen LogP contribution in [0.1, 0.15) is 31.4 Å². The molecule has 0 saturated carbocycles. The Morgan fingerprint density at radius 3 is 2.74 bits per heavy atom. The van der Waals surface area contributed by atoms with Crippen molar-refractivity contribution in [2.75, 3.05) is 33.5 Å². The lowest BCUT2D eigenvalue weighted by Gasteiger charge is -2.22. The average Bonchev–Trinajstić information content (AvgIpc) is 2.95. The molecule has 0 aromatic carbocycles. The summed E-state index contributed by atoms with van der Waals surface area (Å²) in [5.74, 6) is 0. The first kappa shape index (κ1) is 16.6. The molecular weight excluding hydrogens is 262 g/mol. The Kier molecular flexibility index (Phi) is 9.03. The number of thiophene rings is 1. The summed E-state index contributed by atoms with van der Waals surface area (Å²) in [5.41, 5.74) is 7.28. The molecule has 0 aliphatic heterocycles. The third-order valence-electron chi connectivity index (χ3n) is 2.89. The van der Waals surface area contributed by atoms with Crippen LogP contribution in [-0.2, 0) is 14.2 Å². The summed E-state index contributed by atoms with van der Waals surface area (Å²) in [6, 6.07) is 2.10. The van der Waals surface area contributed by atoms with E-state index < -0.39 is 0 Å². The summed E-state index contributed by atoms with van der Waals surface area (Å²) in [6.07, 6.45) is 1.78. The molecule has 0 aliphatic carbocycles. The summed E-state index contributed by atoms with van der Waals surface area (Å²) in [6.45, 7) is 4.69. The monoisotopic (exact) mass is 287 g/mol. The molecule has 1 aromatic heterocycles. The molecule has 1 aromatic rings. The van der Waals surface area contributed by atoms with Gasteiger partial charge in [0.05, 0.1) is 19.3 Å². The van der Waals surface area contributed by atoms with Gasteiger partial charge in [-0.05, 0) is 35.2 Å². The van der Waals surface area contributed by atoms with Gasteiger partial charge in [-0.25, -0.2) is 0 Å². The third-order valence-corrected chi connectivity index (χ3v) is 3.60. The zero-order valence-electron chi connectivity index (χ0n) is 11.8. The van der Waals surface area contributed by atoms with Crippen molar-refractivity contribution < 1.29 is 14.2 Å². The molecule has 0 saturated heterocycles. The van der Waals surface area contributed by atoms with Crippen molar-refractivity contribution in [2.45, 2.75) is 31.9 Å². The Morgan fingerprint density at radius 2 is 2.11 bits per heavy atom. The van der Waals surface area contributed by atoms with E-state index in [1.165, 1.54) is 5.56 Å². The second kappa shape index (κ2) is 10.3. The maximum absolute atomic E-state index is 6.11. The highest BCUT2D eigenvalue weighted by Crippen LogP contribution is 2.24. The van der Waals surface area contributed by atoms with E-state index in [4.69, 9.17) is 19.9 Å². The molecule has 4 nitrogen and oxygen atoms in total. The second-order valence-electron chi connectivity index (χ2n) is 4.38. The van der Waals surface area contributed by atoms with Crippen LogP contribution in [0.2, 0.25) is 0 Å². The maximum Gasteiger partial charge on any atom is 0.0984 e. The lowest BCUT2D eigenvalue weighted by Crippen LogP contribution is -2.30. The molecule has 0 fully saturated rings. The van der Waals surface area contributed by atoms with E-state index in [1.54, 1.807) is 18.4 Å². The fourth-order valence-corrected chi connectivity index (χ4v) is 2.44. The molecule has 0 radical (unpaired) electrons. The van der Waals surface area contributed by atoms with Gasteiger partial charge in [-0.15, -0.1) is 0 Å². The van der Waals surface area contributed by atoms with Crippen molar-refractivity contribution in [3.63, 3.8) is 0 Å². The first-order chi connectivity index (χ1) is 9.29. The van der Waals surface area contributed by atoms with Crippen LogP contribution in [0.15, 0.2) is 16.8 Å². The van der Waals surface area contributed by atoms with Crippen molar-refractivity contribution in [1.82, 2.24) is 0 Å². The summed E-state index contributed by atoms with van der Waals surface area (Å²) in [4.78, 5) is 0. The Hall–Kier alpha value is -0.460. The fraction of sp³-hybridized carbons (Fsp3) is 0.714. The second-order valence-corrected chi connectivity index (χ2v) is 5.16. The minimum atomic E-state index is -0.0289. The van der Waals surface area contributed by atoms with Gasteiger partial charge in [0.1, 0.15) is 0 Å². The molecular formula is C14H25NO3S. The molecule has 0 aliphatic rings. The predicted octanol–water partition coefficient (Wildman–Crippen LogP) is 2.60. The van der Waals surface area contributed by atoms with Gasteiger partial charge in [0.2, 0.25) is 0 Å². The molecule has 110 valence electrons. The highest BCUT2D eigenvalue weighted by Gasteiger charge is 2.19. The SMILES string of the molecule is CCC(N)C(OCCOCCCOC)c1ccsc1. The first-order valence-corrected chi connectivity index (χ1v) is 7.69. The molecule has 5 heteroatoms. The van der Waals surface area contributed by atoms with E-state index in [0.29, 0.717) is 19.8 Å². The lowest BCUT2D eigenvalue weighted by atomic mass is 10.0. The standard InChI is InChI=1S/C14H25NO3S/c1-3-13(15)14(12-5-10-19-11-12)18-9-8-17-7-4-6-16-2/h5,10-11,13-14H,3-4,6-9,15H2,1-2H3. The van der Waals surface area contributed by atoms with Crippen molar-refractivity contribution in [3.8, 4) is 0 Å². The summed E-state index contributed by atoms with van der Waals surface area (Å²) in [5, 5.41) is 4.15. The smallest absolute Gasteiger partial charge is 0.0984 e. The maximum atomic E-state index is 6.11. The van der Waals surface area contributed by atoms with Crippen molar-refractivity contribution in [1.29, 1.82) is 0 Å². The Labute approximate surface area is 119 Å². The van der Waals surface area contributed by atoms with Crippen molar-refractivity contribution >= 4 is 11.3 Å². The zero-order valence-corrected chi connectivity index (χ0v) is 12.7. The van der Waals surface area contributed by atoms with Gasteiger partial charge in [0.15, 0.2) is 0 Å². The van der Waals surface area contributed by atoms with Crippen LogP contribution in [0.4, 0.5) is 0 Å². The largest absolute Gasteiger partial charge is 0.385 e. The summed E-state index contributed by atoms with van der Waals surface area (Å²) >= 11 is 1.67. The van der Waals surface area contributed by atoms with E-state index in [2.05, 4.69) is 23.8 Å². The molecule has 2 N–H and O–H groups in total. The fourth-order valence-electron chi connectivity index (χ4n) is 1.76. The zero-order chi connectivity index (χ0) is 13.9. The van der Waals surface area contributed by atoms with Crippen molar-refractivity contribution in [2.24, 2.45) is 5.73 Å². The number of ether oxygens (including phenoxy) is 3. The van der Waals surface area contributed by atoms with E-state index >= 15 is 0 Å². The minimum Gasteiger partial charge on any atom is -0.385 e. The Morgan fingerprint density at radius 1 is 1.26 bits per heavy atom. The molecule has 0 spiro atoms. The average molecular weight is 287 g/mol. The van der Waals surface area contributed by atoms with Gasteiger partial charge >= 0.3 is 0 Å². The van der Waals surface area contributed by atoms with Gasteiger partial charge in [0, 0.05) is 26.4 Å². The normalized spacial score (nSPS) is 14.5. The van der Waals surface area contributed by atoms with E-state index in [9.17, 15) is 0 Å². The molecule has 0 bridgehead atoms. The predicted molar refractivity (Wildman–Crippen MR) is 78.6 cm³/mol. The number of nitrogens with two attached hydrogens (primary N) is 1. The highest BCUT2D eigenvalue weighted by molar-refractivity contribution is 7.07. The molecule has 1 rings (SSSR count). The lowest BCUT2D eigenvalue weighted by molar-refractivity contribution is -0.0102. The van der Waals surface area contributed by atoms with Crippen LogP contribution in [0, 0.1) is 0 Å². The van der Waals surface area contributed by atoms with Crippen LogP contribution in [0.5, 0.6) is 0 Å². The van der Waals surface area contributed by atoms with E-state index in [1.807, 2.05) is 0 Å². The number of hydrogen-bond acceptors (Lipinski definition) is 5. The quantitative estimate of drug-likeness (QED) is 0.636. The topological polar surface area (TPSA) is 53.7 Å². The number of rotatable bonds is 11. The van der Waals surface area contributed by atoms with E-state index in [-0.39, 0.29) is 12.1 Å². The van der Waals surface area contributed by atoms with Crippen LogP contribution in [0.25, 0.3) is 0 Å². The van der Waals surface area contributed by atoms with E-state index in [0.717, 1.165) is 19.4 Å². The van der Waals surface area contributed by atoms with Crippen LogP contribution in [0.3, 0.4) is 0 Å². The Balaban J connectivity index is 2.23. The number of hydrogen-bond donors (Lipinski definition) is 1. The molecule has 0 amide bonds. The highest BCUT2D eigenvalue weighted by atomic mass is 32.1. The van der Waals surface area contributed by atoms with Crippen LogP contribution < -0.4 is 5.73 Å². The Bertz CT molecular complexity index is 306. The van der Waals surface area contributed by atoms with Gasteiger partial charge in [-0.1, -0.05) is 6.92 Å². The first-order valence-electron chi connectivity index (χ1n) is 6.75. The van der Waals surface area contributed by atoms with Crippen LogP contribution >= 0.6 is 11.3 Å². The van der Waals surface area contributed by atoms with Gasteiger partial charge in [0.25, 0.3) is 0 Å². The minimum absolute atomic E-state index is 0.0289. The molecule has 1 heterocycles. The molecule has 2 unspecified atom stereocenters. The third kappa shape index (κ3) is 6.49. The molecule has 2 atom stereocenters. The summed E-state index contributed by atoms with van der Waals surface area (Å²) < 4.78 is 16.3. The van der Waals surface area contributed by atoms with Crippen LogP contribution in [-0.4, -0.2) is 39.6 Å². The van der Waals surface area contributed by atoms with Gasteiger partial charge in [-0.2, -0.15) is 11.3 Å². The van der Waals surface area contributed by atoms with Crippen molar-refractivity contribution in [3.05, 3.63) is 22.4 Å². The summed E-state index contributed by atoms with van der Waals surface area (Å²) in [7, 11) is 1.70. The van der Waals surface area contributed by atoms with Gasteiger partial charge in [-0.3, -0.25) is 0 Å². The van der Waals surface area contributed by atoms with Gasteiger partial charge < -0.3 is 19.9 Å².